The van der Waals surface area contributed by atoms with Crippen molar-refractivity contribution in [2.24, 2.45) is 0 Å². The van der Waals surface area contributed by atoms with Gasteiger partial charge in [-0.05, 0) is 49.9 Å². The Morgan fingerprint density at radius 3 is 2.62 bits per heavy atom. The topological polar surface area (TPSA) is 38.7 Å². The van der Waals surface area contributed by atoms with E-state index in [0.717, 1.165) is 8.96 Å². The molecule has 118 valence electrons. The maximum Gasteiger partial charge on any atom is 0.141 e. The lowest BCUT2D eigenvalue weighted by molar-refractivity contribution is 0.232. The summed E-state index contributed by atoms with van der Waals surface area (Å²) in [7, 11) is 0. The van der Waals surface area contributed by atoms with Gasteiger partial charge in [-0.2, -0.15) is 0 Å². The number of hydrogen-bond donors (Lipinski definition) is 1. The zero-order valence-corrected chi connectivity index (χ0v) is 16.0. The van der Waals surface area contributed by atoms with E-state index >= 15 is 0 Å². The summed E-state index contributed by atoms with van der Waals surface area (Å²) in [6.45, 7) is 5.12. The first-order chi connectivity index (χ1) is 9.95. The fraction of sp³-hybridized carbons (Fsp3) is 0.467. The summed E-state index contributed by atoms with van der Waals surface area (Å²) in [5, 5.41) is 9.36. The van der Waals surface area contributed by atoms with Crippen molar-refractivity contribution in [1.82, 2.24) is 0 Å². The van der Waals surface area contributed by atoms with Crippen LogP contribution in [0.5, 0.6) is 11.5 Å². The Hall–Kier alpha value is -0.230. The van der Waals surface area contributed by atoms with E-state index in [4.69, 9.17) is 26.2 Å². The first-order valence-corrected chi connectivity index (χ1v) is 8.63. The molecule has 0 saturated heterocycles. The molecular formula is C15H19Br2ClO3. The van der Waals surface area contributed by atoms with Crippen molar-refractivity contribution < 1.29 is 14.6 Å². The highest BCUT2D eigenvalue weighted by molar-refractivity contribution is 9.28. The van der Waals surface area contributed by atoms with E-state index in [9.17, 15) is 0 Å². The highest BCUT2D eigenvalue weighted by atomic mass is 79.9. The zero-order chi connectivity index (χ0) is 15.8. The fourth-order valence-corrected chi connectivity index (χ4v) is 2.23. The summed E-state index contributed by atoms with van der Waals surface area (Å²) >= 11 is 12.9. The molecule has 1 N–H and O–H groups in total. The third-order valence-corrected chi connectivity index (χ3v) is 3.63. The number of benzene rings is 1. The van der Waals surface area contributed by atoms with Gasteiger partial charge in [-0.3, -0.25) is 0 Å². The second-order valence-corrected chi connectivity index (χ2v) is 7.89. The second kappa shape index (κ2) is 9.72. The summed E-state index contributed by atoms with van der Waals surface area (Å²) < 4.78 is 12.2. The number of rotatable bonds is 8. The molecule has 0 radical (unpaired) electrons. The Bertz CT molecular complexity index is 486. The van der Waals surface area contributed by atoms with Gasteiger partial charge in [-0.1, -0.05) is 25.4 Å². The lowest BCUT2D eigenvalue weighted by Crippen LogP contribution is -2.04. The fourth-order valence-electron chi connectivity index (χ4n) is 1.69. The highest BCUT2D eigenvalue weighted by Gasteiger charge is 2.14. The number of aliphatic hydroxyl groups excluding tert-OH is 1. The van der Waals surface area contributed by atoms with Gasteiger partial charge >= 0.3 is 0 Å². The SMILES string of the molecule is CC(C)c1cc(OCC=C(Br)Br)cc(Cl)c1OCCCO. The van der Waals surface area contributed by atoms with E-state index in [1.165, 1.54) is 0 Å². The van der Waals surface area contributed by atoms with Crippen molar-refractivity contribution in [3.63, 3.8) is 0 Å². The smallest absolute Gasteiger partial charge is 0.141 e. The summed E-state index contributed by atoms with van der Waals surface area (Å²) in [6, 6.07) is 3.69. The molecule has 0 aliphatic carbocycles. The van der Waals surface area contributed by atoms with Gasteiger partial charge in [-0.25, -0.2) is 0 Å². The molecule has 0 aliphatic rings. The van der Waals surface area contributed by atoms with E-state index in [0.29, 0.717) is 36.2 Å². The molecule has 0 aliphatic heterocycles. The molecule has 0 bridgehead atoms. The minimum atomic E-state index is 0.101. The van der Waals surface area contributed by atoms with Crippen LogP contribution in [-0.2, 0) is 0 Å². The van der Waals surface area contributed by atoms with Crippen LogP contribution < -0.4 is 9.47 Å². The second-order valence-electron chi connectivity index (χ2n) is 4.71. The van der Waals surface area contributed by atoms with Crippen LogP contribution in [0.25, 0.3) is 0 Å². The molecule has 1 rings (SSSR count). The highest BCUT2D eigenvalue weighted by Crippen LogP contribution is 2.37. The molecule has 3 nitrogen and oxygen atoms in total. The Morgan fingerprint density at radius 2 is 2.05 bits per heavy atom. The van der Waals surface area contributed by atoms with Crippen molar-refractivity contribution in [2.45, 2.75) is 26.2 Å². The first-order valence-electron chi connectivity index (χ1n) is 6.66. The van der Waals surface area contributed by atoms with Crippen LogP contribution in [0.4, 0.5) is 0 Å². The molecule has 0 fully saturated rings. The van der Waals surface area contributed by atoms with Crippen molar-refractivity contribution in [3.8, 4) is 11.5 Å². The predicted molar refractivity (Wildman–Crippen MR) is 94.2 cm³/mol. The Labute approximate surface area is 147 Å². The molecule has 0 spiro atoms. The molecular weight excluding hydrogens is 423 g/mol. The Morgan fingerprint density at radius 1 is 1.33 bits per heavy atom. The third kappa shape index (κ3) is 6.59. The van der Waals surface area contributed by atoms with Crippen molar-refractivity contribution >= 4 is 43.5 Å². The van der Waals surface area contributed by atoms with Crippen LogP contribution in [0.1, 0.15) is 31.7 Å². The number of ether oxygens (including phenoxy) is 2. The molecule has 1 aromatic carbocycles. The van der Waals surface area contributed by atoms with Crippen LogP contribution in [0, 0.1) is 0 Å². The third-order valence-electron chi connectivity index (χ3n) is 2.70. The first kappa shape index (κ1) is 18.8. The van der Waals surface area contributed by atoms with Crippen LogP contribution in [-0.4, -0.2) is 24.9 Å². The van der Waals surface area contributed by atoms with Gasteiger partial charge in [0.25, 0.3) is 0 Å². The molecule has 0 saturated carbocycles. The van der Waals surface area contributed by atoms with E-state index in [2.05, 4.69) is 45.7 Å². The van der Waals surface area contributed by atoms with Gasteiger partial charge in [0.15, 0.2) is 0 Å². The Balaban J connectivity index is 2.92. The zero-order valence-electron chi connectivity index (χ0n) is 12.0. The van der Waals surface area contributed by atoms with Crippen molar-refractivity contribution in [2.75, 3.05) is 19.8 Å². The van der Waals surface area contributed by atoms with Gasteiger partial charge in [0.1, 0.15) is 18.1 Å². The largest absolute Gasteiger partial charge is 0.492 e. The van der Waals surface area contributed by atoms with Crippen LogP contribution in [0.15, 0.2) is 21.6 Å². The Kier molecular flexibility index (Phi) is 8.71. The van der Waals surface area contributed by atoms with E-state index in [-0.39, 0.29) is 12.5 Å². The van der Waals surface area contributed by atoms with Crippen molar-refractivity contribution in [3.05, 3.63) is 32.2 Å². The van der Waals surface area contributed by atoms with Gasteiger partial charge in [-0.15, -0.1) is 0 Å². The van der Waals surface area contributed by atoms with Crippen LogP contribution in [0.3, 0.4) is 0 Å². The van der Waals surface area contributed by atoms with Crippen molar-refractivity contribution in [1.29, 1.82) is 0 Å². The van der Waals surface area contributed by atoms with Gasteiger partial charge in [0.05, 0.1) is 15.0 Å². The monoisotopic (exact) mass is 440 g/mol. The quantitative estimate of drug-likeness (QED) is 0.560. The number of hydrogen-bond acceptors (Lipinski definition) is 3. The van der Waals surface area contributed by atoms with Gasteiger partial charge < -0.3 is 14.6 Å². The van der Waals surface area contributed by atoms with E-state index in [1.807, 2.05) is 12.1 Å². The minimum absolute atomic E-state index is 0.101. The number of halogens is 3. The van der Waals surface area contributed by atoms with E-state index < -0.39 is 0 Å². The molecule has 0 atom stereocenters. The lowest BCUT2D eigenvalue weighted by atomic mass is 10.0. The maximum absolute atomic E-state index is 8.83. The standard InChI is InChI=1S/C15H19Br2ClO3/c1-10(2)12-8-11(20-7-4-14(16)17)9-13(18)15(12)21-6-3-5-19/h4,8-10,19H,3,5-7H2,1-2H3. The number of aliphatic hydroxyl groups is 1. The average molecular weight is 443 g/mol. The molecule has 1 aromatic rings. The molecule has 0 aromatic heterocycles. The normalized spacial score (nSPS) is 10.6. The van der Waals surface area contributed by atoms with Crippen LogP contribution in [0.2, 0.25) is 5.02 Å². The predicted octanol–water partition coefficient (Wildman–Crippen LogP) is 5.23. The molecule has 0 amide bonds. The minimum Gasteiger partial charge on any atom is -0.492 e. The maximum atomic E-state index is 8.83. The molecule has 0 unspecified atom stereocenters. The average Bonchev–Trinajstić information content (AvgIpc) is 2.40. The van der Waals surface area contributed by atoms with Crippen LogP contribution >= 0.6 is 43.5 Å². The lowest BCUT2D eigenvalue weighted by Gasteiger charge is -2.17. The summed E-state index contributed by atoms with van der Waals surface area (Å²) in [4.78, 5) is 0. The summed E-state index contributed by atoms with van der Waals surface area (Å²) in [5.74, 6) is 1.63. The summed E-state index contributed by atoms with van der Waals surface area (Å²) in [6.07, 6.45) is 2.44. The molecule has 0 heterocycles. The summed E-state index contributed by atoms with van der Waals surface area (Å²) in [5.41, 5.74) is 0.998. The van der Waals surface area contributed by atoms with Gasteiger partial charge in [0.2, 0.25) is 0 Å². The molecule has 6 heteroatoms. The molecule has 21 heavy (non-hydrogen) atoms. The van der Waals surface area contributed by atoms with E-state index in [1.54, 1.807) is 6.07 Å². The van der Waals surface area contributed by atoms with Gasteiger partial charge in [0, 0.05) is 24.7 Å².